The van der Waals surface area contributed by atoms with Gasteiger partial charge < -0.3 is 9.47 Å². The topological polar surface area (TPSA) is 31.4 Å². The number of hydrogen-bond donors (Lipinski definition) is 0. The number of nitrogens with zero attached hydrogens (tertiary/aromatic N) is 1. The van der Waals surface area contributed by atoms with Crippen molar-refractivity contribution in [2.24, 2.45) is 0 Å². The van der Waals surface area contributed by atoms with Gasteiger partial charge in [-0.05, 0) is 51.1 Å². The van der Waals surface area contributed by atoms with Crippen molar-refractivity contribution in [1.82, 2.24) is 4.98 Å². The summed E-state index contributed by atoms with van der Waals surface area (Å²) in [6, 6.07) is 21.5. The monoisotopic (exact) mass is 357 g/mol. The summed E-state index contributed by atoms with van der Waals surface area (Å²) in [4.78, 5) is 4.66. The average molecular weight is 357 g/mol. The molecule has 3 nitrogen and oxygen atoms in total. The average Bonchev–Trinajstić information content (AvgIpc) is 2.65. The van der Waals surface area contributed by atoms with E-state index >= 15 is 0 Å². The van der Waals surface area contributed by atoms with Crippen LogP contribution in [0.3, 0.4) is 0 Å². The normalized spacial score (nSPS) is 10.7. The van der Waals surface area contributed by atoms with E-state index in [2.05, 4.69) is 16.8 Å². The van der Waals surface area contributed by atoms with Gasteiger partial charge >= 0.3 is 0 Å². The molecule has 27 heavy (non-hydrogen) atoms. The predicted octanol–water partition coefficient (Wildman–Crippen LogP) is 5.33. The van der Waals surface area contributed by atoms with Crippen molar-refractivity contribution in [1.29, 1.82) is 0 Å². The summed E-state index contributed by atoms with van der Waals surface area (Å²) >= 11 is 0. The molecule has 0 spiro atoms. The number of hydrogen-bond acceptors (Lipinski definition) is 3. The van der Waals surface area contributed by atoms with Crippen molar-refractivity contribution in [3.05, 3.63) is 77.9 Å². The lowest BCUT2D eigenvalue weighted by Crippen LogP contribution is -2.23. The first kappa shape index (κ1) is 18.5. The standard InChI is InChI=1S/C24H23NO2/c1-24(2,3)27-23-14-8-13-22(25-23)21-12-6-5-10-19(21)16-15-18-9-7-11-20(17-18)26-4/h5-14,17H,1-4H3. The fourth-order valence-corrected chi connectivity index (χ4v) is 2.59. The Balaban J connectivity index is 1.96. The fraction of sp³-hybridized carbons (Fsp3) is 0.208. The fourth-order valence-electron chi connectivity index (χ4n) is 2.59. The van der Waals surface area contributed by atoms with Crippen LogP contribution in [-0.4, -0.2) is 17.7 Å². The van der Waals surface area contributed by atoms with Crippen molar-refractivity contribution >= 4 is 0 Å². The Hall–Kier alpha value is -3.25. The Morgan fingerprint density at radius 3 is 2.41 bits per heavy atom. The number of ether oxygens (including phenoxy) is 2. The minimum Gasteiger partial charge on any atom is -0.497 e. The molecular weight excluding hydrogens is 334 g/mol. The van der Waals surface area contributed by atoms with Crippen LogP contribution in [0.25, 0.3) is 11.3 Å². The Labute approximate surface area is 161 Å². The molecule has 0 N–H and O–H groups in total. The van der Waals surface area contributed by atoms with Crippen molar-refractivity contribution in [2.75, 3.05) is 7.11 Å². The molecule has 0 atom stereocenters. The van der Waals surface area contributed by atoms with Crippen LogP contribution in [-0.2, 0) is 0 Å². The maximum absolute atomic E-state index is 5.90. The number of aromatic nitrogens is 1. The Bertz CT molecular complexity index is 991. The third kappa shape index (κ3) is 5.12. The lowest BCUT2D eigenvalue weighted by atomic mass is 10.0. The van der Waals surface area contributed by atoms with Crippen LogP contribution in [0, 0.1) is 11.8 Å². The second kappa shape index (κ2) is 7.97. The van der Waals surface area contributed by atoms with E-state index in [1.165, 1.54) is 0 Å². The third-order valence-electron chi connectivity index (χ3n) is 3.75. The molecule has 136 valence electrons. The van der Waals surface area contributed by atoms with Gasteiger partial charge in [0.1, 0.15) is 11.4 Å². The molecule has 3 aromatic rings. The van der Waals surface area contributed by atoms with E-state index in [-0.39, 0.29) is 5.60 Å². The molecule has 1 heterocycles. The van der Waals surface area contributed by atoms with Gasteiger partial charge in [-0.25, -0.2) is 4.98 Å². The number of rotatable bonds is 3. The van der Waals surface area contributed by atoms with Crippen LogP contribution >= 0.6 is 0 Å². The van der Waals surface area contributed by atoms with Crippen molar-refractivity contribution < 1.29 is 9.47 Å². The molecule has 2 aromatic carbocycles. The van der Waals surface area contributed by atoms with E-state index in [1.807, 2.05) is 87.5 Å². The van der Waals surface area contributed by atoms with Crippen molar-refractivity contribution in [3.63, 3.8) is 0 Å². The van der Waals surface area contributed by atoms with Gasteiger partial charge in [0.2, 0.25) is 5.88 Å². The van der Waals surface area contributed by atoms with Gasteiger partial charge in [0.05, 0.1) is 12.8 Å². The summed E-state index contributed by atoms with van der Waals surface area (Å²) in [5.74, 6) is 7.87. The van der Waals surface area contributed by atoms with E-state index in [0.717, 1.165) is 28.1 Å². The maximum atomic E-state index is 5.90. The minimum absolute atomic E-state index is 0.294. The Morgan fingerprint density at radius 1 is 0.852 bits per heavy atom. The zero-order valence-electron chi connectivity index (χ0n) is 16.1. The lowest BCUT2D eigenvalue weighted by Gasteiger charge is -2.20. The second-order valence-electron chi connectivity index (χ2n) is 7.10. The van der Waals surface area contributed by atoms with Crippen molar-refractivity contribution in [2.45, 2.75) is 26.4 Å². The van der Waals surface area contributed by atoms with E-state index in [9.17, 15) is 0 Å². The van der Waals surface area contributed by atoms with Gasteiger partial charge in [-0.2, -0.15) is 0 Å². The highest BCUT2D eigenvalue weighted by Gasteiger charge is 2.13. The molecule has 0 amide bonds. The minimum atomic E-state index is -0.294. The molecule has 0 saturated carbocycles. The summed E-state index contributed by atoms with van der Waals surface area (Å²) in [5, 5.41) is 0. The van der Waals surface area contributed by atoms with E-state index in [1.54, 1.807) is 7.11 Å². The molecule has 1 aromatic heterocycles. The number of pyridine rings is 1. The third-order valence-corrected chi connectivity index (χ3v) is 3.75. The summed E-state index contributed by atoms with van der Waals surface area (Å²) in [6.07, 6.45) is 0. The molecule has 0 fully saturated rings. The van der Waals surface area contributed by atoms with Gasteiger partial charge in [0.25, 0.3) is 0 Å². The zero-order chi connectivity index (χ0) is 19.3. The molecule has 0 radical (unpaired) electrons. The van der Waals surface area contributed by atoms with Gasteiger partial charge in [0.15, 0.2) is 0 Å². The van der Waals surface area contributed by atoms with E-state index in [4.69, 9.17) is 9.47 Å². The smallest absolute Gasteiger partial charge is 0.214 e. The quantitative estimate of drug-likeness (QED) is 0.593. The largest absolute Gasteiger partial charge is 0.497 e. The molecule has 0 aliphatic heterocycles. The molecule has 0 bridgehead atoms. The van der Waals surface area contributed by atoms with Crippen LogP contribution in [0.1, 0.15) is 31.9 Å². The molecule has 0 saturated heterocycles. The Kier molecular flexibility index (Phi) is 5.47. The molecule has 3 heteroatoms. The van der Waals surface area contributed by atoms with Gasteiger partial charge in [-0.15, -0.1) is 0 Å². The highest BCUT2D eigenvalue weighted by molar-refractivity contribution is 5.69. The lowest BCUT2D eigenvalue weighted by molar-refractivity contribution is 0.124. The first-order chi connectivity index (χ1) is 12.9. The molecule has 0 unspecified atom stereocenters. The van der Waals surface area contributed by atoms with Gasteiger partial charge in [0, 0.05) is 22.8 Å². The van der Waals surface area contributed by atoms with Crippen LogP contribution in [0.4, 0.5) is 0 Å². The van der Waals surface area contributed by atoms with Gasteiger partial charge in [-0.1, -0.05) is 42.2 Å². The summed E-state index contributed by atoms with van der Waals surface area (Å²) in [7, 11) is 1.65. The van der Waals surface area contributed by atoms with Crippen LogP contribution < -0.4 is 9.47 Å². The van der Waals surface area contributed by atoms with Crippen LogP contribution in [0.15, 0.2) is 66.7 Å². The maximum Gasteiger partial charge on any atom is 0.214 e. The van der Waals surface area contributed by atoms with Gasteiger partial charge in [-0.3, -0.25) is 0 Å². The second-order valence-corrected chi connectivity index (χ2v) is 7.10. The van der Waals surface area contributed by atoms with Crippen LogP contribution in [0.5, 0.6) is 11.6 Å². The molecular formula is C24H23NO2. The summed E-state index contributed by atoms with van der Waals surface area (Å²) in [5.41, 5.74) is 3.35. The molecule has 3 rings (SSSR count). The van der Waals surface area contributed by atoms with Crippen LogP contribution in [0.2, 0.25) is 0 Å². The first-order valence-corrected chi connectivity index (χ1v) is 8.86. The Morgan fingerprint density at radius 2 is 1.63 bits per heavy atom. The summed E-state index contributed by atoms with van der Waals surface area (Å²) in [6.45, 7) is 6.03. The highest BCUT2D eigenvalue weighted by atomic mass is 16.5. The highest BCUT2D eigenvalue weighted by Crippen LogP contribution is 2.25. The molecule has 0 aliphatic carbocycles. The predicted molar refractivity (Wildman–Crippen MR) is 109 cm³/mol. The summed E-state index contributed by atoms with van der Waals surface area (Å²) < 4.78 is 11.2. The molecule has 0 aliphatic rings. The zero-order valence-corrected chi connectivity index (χ0v) is 16.1. The first-order valence-electron chi connectivity index (χ1n) is 8.86. The number of benzene rings is 2. The van der Waals surface area contributed by atoms with Crippen molar-refractivity contribution in [3.8, 4) is 34.7 Å². The van der Waals surface area contributed by atoms with E-state index in [0.29, 0.717) is 5.88 Å². The number of methoxy groups -OCH3 is 1. The van der Waals surface area contributed by atoms with E-state index < -0.39 is 0 Å². The SMILES string of the molecule is COc1cccc(C#Cc2ccccc2-c2cccc(OC(C)(C)C)n2)c1.